The topological polar surface area (TPSA) is 98.5 Å². The SMILES string of the molecule is COc1ccc(-n2nnc(C(=O)NC3(CO)COc4ccccc4C3)c2C)cc1. The molecule has 2 aromatic carbocycles. The van der Waals surface area contributed by atoms with E-state index >= 15 is 0 Å². The summed E-state index contributed by atoms with van der Waals surface area (Å²) in [5.74, 6) is 1.10. The van der Waals surface area contributed by atoms with Gasteiger partial charge in [0.25, 0.3) is 5.91 Å². The molecule has 1 atom stereocenters. The average molecular weight is 394 g/mol. The Balaban J connectivity index is 1.56. The van der Waals surface area contributed by atoms with Crippen molar-refractivity contribution in [2.45, 2.75) is 18.9 Å². The number of nitrogens with zero attached hydrogens (tertiary/aromatic N) is 3. The molecule has 2 heterocycles. The molecule has 1 amide bonds. The van der Waals surface area contributed by atoms with Gasteiger partial charge in [-0.2, -0.15) is 0 Å². The smallest absolute Gasteiger partial charge is 0.274 e. The molecule has 150 valence electrons. The molecule has 29 heavy (non-hydrogen) atoms. The largest absolute Gasteiger partial charge is 0.497 e. The Kier molecular flexibility index (Phi) is 4.94. The van der Waals surface area contributed by atoms with E-state index in [4.69, 9.17) is 9.47 Å². The second-order valence-electron chi connectivity index (χ2n) is 7.10. The lowest BCUT2D eigenvalue weighted by atomic mass is 9.89. The lowest BCUT2D eigenvalue weighted by Crippen LogP contribution is -2.58. The molecule has 8 heteroatoms. The first-order valence-corrected chi connectivity index (χ1v) is 9.26. The summed E-state index contributed by atoms with van der Waals surface area (Å²) in [6.07, 6.45) is 0.469. The van der Waals surface area contributed by atoms with Crippen molar-refractivity contribution < 1.29 is 19.4 Å². The number of para-hydroxylation sites is 1. The average Bonchev–Trinajstić information content (AvgIpc) is 3.15. The summed E-state index contributed by atoms with van der Waals surface area (Å²) in [6.45, 7) is 1.70. The molecule has 0 radical (unpaired) electrons. The highest BCUT2D eigenvalue weighted by molar-refractivity contribution is 5.94. The number of carbonyl (C=O) groups excluding carboxylic acids is 1. The second-order valence-corrected chi connectivity index (χ2v) is 7.10. The third-order valence-corrected chi connectivity index (χ3v) is 5.11. The third kappa shape index (κ3) is 3.54. The highest BCUT2D eigenvalue weighted by atomic mass is 16.5. The van der Waals surface area contributed by atoms with Crippen LogP contribution in [-0.4, -0.2) is 51.9 Å². The predicted molar refractivity (Wildman–Crippen MR) is 106 cm³/mol. The highest BCUT2D eigenvalue weighted by Gasteiger charge is 2.38. The van der Waals surface area contributed by atoms with E-state index in [1.54, 1.807) is 18.7 Å². The minimum Gasteiger partial charge on any atom is -0.497 e. The van der Waals surface area contributed by atoms with Crippen LogP contribution < -0.4 is 14.8 Å². The van der Waals surface area contributed by atoms with Gasteiger partial charge in [-0.05, 0) is 42.8 Å². The monoisotopic (exact) mass is 394 g/mol. The number of methoxy groups -OCH3 is 1. The number of carbonyl (C=O) groups is 1. The van der Waals surface area contributed by atoms with Crippen LogP contribution in [0.5, 0.6) is 11.5 Å². The Morgan fingerprint density at radius 3 is 2.76 bits per heavy atom. The molecular weight excluding hydrogens is 372 g/mol. The fourth-order valence-electron chi connectivity index (χ4n) is 3.45. The van der Waals surface area contributed by atoms with E-state index in [-0.39, 0.29) is 18.9 Å². The summed E-state index contributed by atoms with van der Waals surface area (Å²) in [7, 11) is 1.60. The van der Waals surface area contributed by atoms with Crippen LogP contribution in [0.4, 0.5) is 0 Å². The maximum Gasteiger partial charge on any atom is 0.274 e. The van der Waals surface area contributed by atoms with Crippen molar-refractivity contribution in [2.24, 2.45) is 0 Å². The molecule has 0 saturated heterocycles. The second kappa shape index (κ2) is 7.56. The van der Waals surface area contributed by atoms with E-state index in [2.05, 4.69) is 15.6 Å². The van der Waals surface area contributed by atoms with Gasteiger partial charge in [-0.25, -0.2) is 4.68 Å². The zero-order valence-corrected chi connectivity index (χ0v) is 16.3. The van der Waals surface area contributed by atoms with Crippen molar-refractivity contribution in [3.63, 3.8) is 0 Å². The number of hydrogen-bond donors (Lipinski definition) is 2. The van der Waals surface area contributed by atoms with Crippen LogP contribution >= 0.6 is 0 Å². The maximum atomic E-state index is 12.9. The molecule has 4 rings (SSSR count). The van der Waals surface area contributed by atoms with Gasteiger partial charge in [0.15, 0.2) is 5.69 Å². The van der Waals surface area contributed by atoms with Crippen LogP contribution in [0.3, 0.4) is 0 Å². The molecule has 1 unspecified atom stereocenters. The predicted octanol–water partition coefficient (Wildman–Crippen LogP) is 1.68. The quantitative estimate of drug-likeness (QED) is 0.683. The van der Waals surface area contributed by atoms with E-state index in [9.17, 15) is 9.90 Å². The van der Waals surface area contributed by atoms with Crippen LogP contribution in [0.2, 0.25) is 0 Å². The lowest BCUT2D eigenvalue weighted by Gasteiger charge is -2.37. The molecule has 0 aliphatic carbocycles. The first-order chi connectivity index (χ1) is 14.0. The van der Waals surface area contributed by atoms with Crippen molar-refractivity contribution in [2.75, 3.05) is 20.3 Å². The number of aliphatic hydroxyl groups excluding tert-OH is 1. The Morgan fingerprint density at radius 2 is 2.03 bits per heavy atom. The van der Waals surface area contributed by atoms with Crippen LogP contribution in [-0.2, 0) is 6.42 Å². The van der Waals surface area contributed by atoms with E-state index in [1.807, 2.05) is 48.5 Å². The standard InChI is InChI=1S/C21H22N4O4/c1-14-19(23-24-25(14)16-7-9-17(28-2)10-8-16)20(27)22-21(12-26)11-15-5-3-4-6-18(15)29-13-21/h3-10,26H,11-13H2,1-2H3,(H,22,27). The van der Waals surface area contributed by atoms with Crippen LogP contribution in [0.15, 0.2) is 48.5 Å². The van der Waals surface area contributed by atoms with Crippen molar-refractivity contribution in [1.82, 2.24) is 20.3 Å². The van der Waals surface area contributed by atoms with Gasteiger partial charge in [-0.15, -0.1) is 5.10 Å². The van der Waals surface area contributed by atoms with Gasteiger partial charge in [-0.3, -0.25) is 4.79 Å². The van der Waals surface area contributed by atoms with Crippen molar-refractivity contribution in [1.29, 1.82) is 0 Å². The van der Waals surface area contributed by atoms with Gasteiger partial charge >= 0.3 is 0 Å². The minimum atomic E-state index is -0.915. The summed E-state index contributed by atoms with van der Waals surface area (Å²) in [6, 6.07) is 14.9. The summed E-state index contributed by atoms with van der Waals surface area (Å²) < 4.78 is 12.5. The number of ether oxygens (including phenoxy) is 2. The zero-order valence-electron chi connectivity index (χ0n) is 16.3. The fraction of sp³-hybridized carbons (Fsp3) is 0.286. The number of benzene rings is 2. The van der Waals surface area contributed by atoms with Gasteiger partial charge in [0, 0.05) is 6.42 Å². The summed E-state index contributed by atoms with van der Waals surface area (Å²) in [4.78, 5) is 12.9. The summed E-state index contributed by atoms with van der Waals surface area (Å²) >= 11 is 0. The molecule has 2 N–H and O–H groups in total. The minimum absolute atomic E-state index is 0.178. The molecule has 0 saturated carbocycles. The van der Waals surface area contributed by atoms with Crippen LogP contribution in [0.1, 0.15) is 21.7 Å². The number of fused-ring (bicyclic) bond motifs is 1. The molecule has 0 spiro atoms. The highest BCUT2D eigenvalue weighted by Crippen LogP contribution is 2.29. The number of hydrogen-bond acceptors (Lipinski definition) is 6. The number of aliphatic hydroxyl groups is 1. The number of nitrogens with one attached hydrogen (secondary N) is 1. The van der Waals surface area contributed by atoms with Gasteiger partial charge in [0.1, 0.15) is 23.6 Å². The van der Waals surface area contributed by atoms with E-state index in [0.29, 0.717) is 12.1 Å². The Bertz CT molecular complexity index is 1030. The van der Waals surface area contributed by atoms with Crippen molar-refractivity contribution in [3.8, 4) is 17.2 Å². The molecule has 1 aromatic heterocycles. The van der Waals surface area contributed by atoms with Crippen molar-refractivity contribution >= 4 is 5.91 Å². The van der Waals surface area contributed by atoms with Gasteiger partial charge in [0.2, 0.25) is 0 Å². The van der Waals surface area contributed by atoms with E-state index in [1.165, 1.54) is 0 Å². The van der Waals surface area contributed by atoms with Crippen LogP contribution in [0, 0.1) is 6.92 Å². The maximum absolute atomic E-state index is 12.9. The van der Waals surface area contributed by atoms with Gasteiger partial charge < -0.3 is 19.9 Å². The molecule has 1 aliphatic heterocycles. The number of aromatic nitrogens is 3. The molecule has 0 bridgehead atoms. The fourth-order valence-corrected chi connectivity index (χ4v) is 3.45. The molecule has 1 aliphatic rings. The third-order valence-electron chi connectivity index (χ3n) is 5.11. The van der Waals surface area contributed by atoms with Crippen molar-refractivity contribution in [3.05, 3.63) is 65.5 Å². The normalized spacial score (nSPS) is 17.9. The Labute approximate surface area is 168 Å². The molecule has 3 aromatic rings. The molecular formula is C21H22N4O4. The zero-order chi connectivity index (χ0) is 20.4. The number of amides is 1. The first-order valence-electron chi connectivity index (χ1n) is 9.26. The van der Waals surface area contributed by atoms with Gasteiger partial charge in [-0.1, -0.05) is 23.4 Å². The van der Waals surface area contributed by atoms with E-state index < -0.39 is 11.4 Å². The summed E-state index contributed by atoms with van der Waals surface area (Å²) in [5.41, 5.74) is 1.58. The summed E-state index contributed by atoms with van der Waals surface area (Å²) in [5, 5.41) is 21.1. The Hall–Kier alpha value is -3.39. The number of rotatable bonds is 5. The molecule has 8 nitrogen and oxygen atoms in total. The lowest BCUT2D eigenvalue weighted by molar-refractivity contribution is 0.0649. The molecule has 0 fully saturated rings. The Morgan fingerprint density at radius 1 is 1.28 bits per heavy atom. The van der Waals surface area contributed by atoms with Gasteiger partial charge in [0.05, 0.1) is 25.1 Å². The van der Waals surface area contributed by atoms with Crippen LogP contribution in [0.25, 0.3) is 5.69 Å². The first kappa shape index (κ1) is 18.9. The van der Waals surface area contributed by atoms with E-state index in [0.717, 1.165) is 22.7 Å².